The molecule has 2 heterocycles. The zero-order chi connectivity index (χ0) is 23.1. The van der Waals surface area contributed by atoms with Crippen LogP contribution in [-0.4, -0.2) is 33.6 Å². The lowest BCUT2D eigenvalue weighted by Crippen LogP contribution is -2.17. The Morgan fingerprint density at radius 3 is 2.61 bits per heavy atom. The van der Waals surface area contributed by atoms with Crippen LogP contribution >= 0.6 is 22.9 Å². The van der Waals surface area contributed by atoms with Gasteiger partial charge in [0.1, 0.15) is 0 Å². The second-order valence-electron chi connectivity index (χ2n) is 7.67. The summed E-state index contributed by atoms with van der Waals surface area (Å²) in [6.07, 6.45) is 1.52. The number of aryl methyl sites for hydroxylation is 1. The van der Waals surface area contributed by atoms with Crippen LogP contribution in [0.15, 0.2) is 48.5 Å². The number of carbonyl (C=O) groups is 2. The molecule has 0 unspecified atom stereocenters. The molecule has 5 rings (SSSR count). The third-order valence-corrected chi connectivity index (χ3v) is 6.83. The normalized spacial score (nSPS) is 12.1. The van der Waals surface area contributed by atoms with Crippen molar-refractivity contribution in [3.8, 4) is 27.5 Å². The van der Waals surface area contributed by atoms with E-state index in [2.05, 4.69) is 15.6 Å². The number of hydrogen-bond acceptors (Lipinski definition) is 5. The van der Waals surface area contributed by atoms with Crippen molar-refractivity contribution >= 4 is 39.9 Å². The summed E-state index contributed by atoms with van der Waals surface area (Å²) in [4.78, 5) is 29.2. The number of nitrogens with one attached hydrogen (secondary N) is 2. The molecule has 0 fully saturated rings. The van der Waals surface area contributed by atoms with Crippen molar-refractivity contribution in [2.45, 2.75) is 19.8 Å². The van der Waals surface area contributed by atoms with E-state index in [9.17, 15) is 9.59 Å². The molecule has 0 aliphatic heterocycles. The Bertz CT molecular complexity index is 1390. The minimum absolute atomic E-state index is 0.160. The summed E-state index contributed by atoms with van der Waals surface area (Å²) < 4.78 is 1.83. The third kappa shape index (κ3) is 3.81. The fraction of sp³-hybridized carbons (Fsp3) is 0.167. The molecule has 2 N–H and O–H groups in total. The fourth-order valence-electron chi connectivity index (χ4n) is 4.04. The van der Waals surface area contributed by atoms with Crippen LogP contribution in [0, 0.1) is 0 Å². The minimum Gasteiger partial charge on any atom is -0.355 e. The summed E-state index contributed by atoms with van der Waals surface area (Å²) in [6, 6.07) is 15.2. The Morgan fingerprint density at radius 1 is 1.12 bits per heavy atom. The van der Waals surface area contributed by atoms with Gasteiger partial charge in [0, 0.05) is 30.7 Å². The summed E-state index contributed by atoms with van der Waals surface area (Å²) in [6.45, 7) is 1.47. The number of fused-ring (bicyclic) bond motifs is 3. The number of carbonyl (C=O) groups excluding carboxylic acids is 2. The highest BCUT2D eigenvalue weighted by Gasteiger charge is 2.30. The molecule has 33 heavy (non-hydrogen) atoms. The van der Waals surface area contributed by atoms with Gasteiger partial charge >= 0.3 is 0 Å². The van der Waals surface area contributed by atoms with Gasteiger partial charge in [0.25, 0.3) is 5.91 Å². The molecule has 7 nitrogen and oxygen atoms in total. The quantitative estimate of drug-likeness (QED) is 0.444. The Kier molecular flexibility index (Phi) is 5.47. The number of aromatic nitrogens is 3. The predicted molar refractivity (Wildman–Crippen MR) is 130 cm³/mol. The van der Waals surface area contributed by atoms with Crippen LogP contribution in [0.4, 0.5) is 5.13 Å². The van der Waals surface area contributed by atoms with Gasteiger partial charge in [-0.2, -0.15) is 5.10 Å². The Labute approximate surface area is 199 Å². The molecule has 1 aliphatic rings. The molecule has 166 valence electrons. The van der Waals surface area contributed by atoms with Crippen molar-refractivity contribution in [2.75, 3.05) is 12.4 Å². The van der Waals surface area contributed by atoms with E-state index in [-0.39, 0.29) is 11.8 Å². The Hall–Kier alpha value is -3.49. The molecule has 0 saturated heterocycles. The van der Waals surface area contributed by atoms with E-state index in [1.807, 2.05) is 35.0 Å². The van der Waals surface area contributed by atoms with Gasteiger partial charge in [-0.3, -0.25) is 9.59 Å². The molecular formula is C24H20ClN5O2S. The second-order valence-corrected chi connectivity index (χ2v) is 9.08. The molecule has 2 aromatic heterocycles. The lowest BCUT2D eigenvalue weighted by atomic mass is 9.95. The van der Waals surface area contributed by atoms with Crippen molar-refractivity contribution in [1.82, 2.24) is 20.1 Å². The third-order valence-electron chi connectivity index (χ3n) is 5.50. The van der Waals surface area contributed by atoms with E-state index >= 15 is 0 Å². The van der Waals surface area contributed by atoms with E-state index in [1.54, 1.807) is 25.2 Å². The first-order valence-electron chi connectivity index (χ1n) is 10.4. The molecule has 9 heteroatoms. The maximum Gasteiger partial charge on any atom is 0.251 e. The molecule has 2 aromatic carbocycles. The summed E-state index contributed by atoms with van der Waals surface area (Å²) in [5.41, 5.74) is 6.00. The molecular weight excluding hydrogens is 458 g/mol. The fourth-order valence-corrected chi connectivity index (χ4v) is 5.42. The van der Waals surface area contributed by atoms with Gasteiger partial charge in [0.05, 0.1) is 32.7 Å². The maximum absolute atomic E-state index is 12.1. The largest absolute Gasteiger partial charge is 0.355 e. The predicted octanol–water partition coefficient (Wildman–Crippen LogP) is 4.73. The summed E-state index contributed by atoms with van der Waals surface area (Å²) in [7, 11) is 1.58. The van der Waals surface area contributed by atoms with Crippen molar-refractivity contribution in [3.63, 3.8) is 0 Å². The van der Waals surface area contributed by atoms with E-state index in [0.717, 1.165) is 45.9 Å². The first kappa shape index (κ1) is 21.4. The highest BCUT2D eigenvalue weighted by atomic mass is 35.5. The number of anilines is 1. The van der Waals surface area contributed by atoms with Crippen LogP contribution in [0.5, 0.6) is 0 Å². The van der Waals surface area contributed by atoms with Gasteiger partial charge < -0.3 is 10.6 Å². The summed E-state index contributed by atoms with van der Waals surface area (Å²) in [5, 5.41) is 11.4. The van der Waals surface area contributed by atoms with Crippen LogP contribution in [0.3, 0.4) is 0 Å². The van der Waals surface area contributed by atoms with Gasteiger partial charge in [-0.05, 0) is 31.0 Å². The van der Waals surface area contributed by atoms with Crippen molar-refractivity contribution < 1.29 is 9.59 Å². The summed E-state index contributed by atoms with van der Waals surface area (Å²) in [5.74, 6) is -0.367. The van der Waals surface area contributed by atoms with Crippen molar-refractivity contribution in [2.24, 2.45) is 0 Å². The number of thiazole rings is 1. The maximum atomic E-state index is 12.1. The smallest absolute Gasteiger partial charge is 0.251 e. The lowest BCUT2D eigenvalue weighted by Gasteiger charge is -2.15. The Morgan fingerprint density at radius 2 is 1.91 bits per heavy atom. The first-order valence-corrected chi connectivity index (χ1v) is 11.6. The number of halogens is 1. The van der Waals surface area contributed by atoms with E-state index in [1.165, 1.54) is 18.3 Å². The van der Waals surface area contributed by atoms with Gasteiger partial charge in [-0.1, -0.05) is 53.3 Å². The number of rotatable bonds is 4. The van der Waals surface area contributed by atoms with E-state index in [0.29, 0.717) is 21.4 Å². The zero-order valence-corrected chi connectivity index (χ0v) is 19.5. The Balaban J connectivity index is 1.73. The minimum atomic E-state index is -0.208. The molecule has 0 atom stereocenters. The molecule has 0 saturated carbocycles. The van der Waals surface area contributed by atoms with Crippen LogP contribution in [0.25, 0.3) is 27.5 Å². The van der Waals surface area contributed by atoms with Gasteiger partial charge in [-0.25, -0.2) is 9.67 Å². The molecule has 0 radical (unpaired) electrons. The van der Waals surface area contributed by atoms with Crippen LogP contribution < -0.4 is 10.6 Å². The average Bonchev–Trinajstić information content (AvgIpc) is 3.39. The van der Waals surface area contributed by atoms with Crippen molar-refractivity contribution in [1.29, 1.82) is 0 Å². The highest BCUT2D eigenvalue weighted by molar-refractivity contribution is 7.19. The van der Waals surface area contributed by atoms with Gasteiger partial charge in [-0.15, -0.1) is 0 Å². The van der Waals surface area contributed by atoms with E-state index < -0.39 is 0 Å². The molecule has 2 amide bonds. The van der Waals surface area contributed by atoms with Gasteiger partial charge in [0.2, 0.25) is 5.91 Å². The van der Waals surface area contributed by atoms with Crippen LogP contribution in [0.1, 0.15) is 28.5 Å². The second kappa shape index (κ2) is 8.46. The molecule has 4 aromatic rings. The lowest BCUT2D eigenvalue weighted by molar-refractivity contribution is -0.114. The van der Waals surface area contributed by atoms with Crippen molar-refractivity contribution in [3.05, 3.63) is 70.4 Å². The molecule has 0 bridgehead atoms. The standard InChI is InChI=1S/C24H20ClN5O2S/c1-13(31)27-24-28-18-10-9-16-20(14-6-4-3-5-7-14)29-30(21(16)22(18)33-24)19-11-8-15(12-17(19)25)23(32)26-2/h3-8,11-12H,9-10H2,1-2H3,(H,26,32)(H,27,28,31). The number of benzene rings is 2. The highest BCUT2D eigenvalue weighted by Crippen LogP contribution is 2.44. The van der Waals surface area contributed by atoms with E-state index in [4.69, 9.17) is 16.7 Å². The molecule has 1 aliphatic carbocycles. The SMILES string of the molecule is CNC(=O)c1ccc(-n2nc(-c3ccccc3)c3c2-c2sc(NC(C)=O)nc2CC3)c(Cl)c1. The number of amides is 2. The molecule has 0 spiro atoms. The number of nitrogens with zero attached hydrogens (tertiary/aromatic N) is 3. The summed E-state index contributed by atoms with van der Waals surface area (Å²) >= 11 is 8.08. The topological polar surface area (TPSA) is 88.9 Å². The monoisotopic (exact) mass is 477 g/mol. The average molecular weight is 478 g/mol. The number of hydrogen-bond donors (Lipinski definition) is 2. The van der Waals surface area contributed by atoms with Crippen LogP contribution in [-0.2, 0) is 17.6 Å². The first-order chi connectivity index (χ1) is 16.0. The zero-order valence-electron chi connectivity index (χ0n) is 18.0. The van der Waals surface area contributed by atoms with Gasteiger partial charge in [0.15, 0.2) is 5.13 Å². The van der Waals surface area contributed by atoms with Crippen LogP contribution in [0.2, 0.25) is 5.02 Å².